The maximum atomic E-state index is 12.0. The number of amides is 1. The fourth-order valence-electron chi connectivity index (χ4n) is 1.91. The van der Waals surface area contributed by atoms with Crippen LogP contribution in [0.25, 0.3) is 11.0 Å². The summed E-state index contributed by atoms with van der Waals surface area (Å²) in [6.07, 6.45) is 0. The second-order valence-corrected chi connectivity index (χ2v) is 4.54. The van der Waals surface area contributed by atoms with Gasteiger partial charge in [-0.15, -0.1) is 0 Å². The molecule has 0 radical (unpaired) electrons. The highest BCUT2D eigenvalue weighted by atomic mass is 16.3. The van der Waals surface area contributed by atoms with Crippen molar-refractivity contribution in [3.05, 3.63) is 47.3 Å². The van der Waals surface area contributed by atoms with E-state index in [1.165, 1.54) is 0 Å². The topological polar surface area (TPSA) is 70.9 Å². The summed E-state index contributed by atoms with van der Waals surface area (Å²) in [6.45, 7) is 3.85. The number of hydrogen-bond acceptors (Lipinski definition) is 3. The quantitative estimate of drug-likeness (QED) is 0.739. The van der Waals surface area contributed by atoms with Crippen LogP contribution in [0.5, 0.6) is 0 Å². The Morgan fingerprint density at radius 2 is 2.11 bits per heavy atom. The summed E-state index contributed by atoms with van der Waals surface area (Å²) in [4.78, 5) is 12.0. The zero-order valence-electron chi connectivity index (χ0n) is 10.7. The van der Waals surface area contributed by atoms with Crippen molar-refractivity contribution in [2.45, 2.75) is 13.8 Å². The molecule has 0 fully saturated rings. The monoisotopic (exact) mass is 255 g/mol. The second-order valence-electron chi connectivity index (χ2n) is 4.54. The highest BCUT2D eigenvalue weighted by molar-refractivity contribution is 6.04. The van der Waals surface area contributed by atoms with E-state index in [0.717, 1.165) is 16.6 Å². The number of aryl methyl sites for hydroxylation is 2. The molecule has 0 saturated heterocycles. The molecule has 96 valence electrons. The van der Waals surface area contributed by atoms with Crippen LogP contribution in [0.15, 0.2) is 34.7 Å². The molecule has 2 heterocycles. The Bertz CT molecular complexity index is 755. The van der Waals surface area contributed by atoms with Crippen LogP contribution >= 0.6 is 0 Å². The lowest BCUT2D eigenvalue weighted by atomic mass is 10.2. The summed E-state index contributed by atoms with van der Waals surface area (Å²) in [5, 5.41) is 10.3. The Hall–Kier alpha value is -2.56. The minimum absolute atomic E-state index is 0.279. The van der Waals surface area contributed by atoms with E-state index in [1.54, 1.807) is 12.1 Å². The van der Waals surface area contributed by atoms with Crippen molar-refractivity contribution in [1.82, 2.24) is 10.2 Å². The number of fused-ring (bicyclic) bond motifs is 1. The van der Waals surface area contributed by atoms with Gasteiger partial charge in [0, 0.05) is 17.1 Å². The Balaban J connectivity index is 1.89. The highest BCUT2D eigenvalue weighted by Crippen LogP contribution is 2.21. The number of carbonyl (C=O) groups is 1. The average molecular weight is 255 g/mol. The molecule has 1 amide bonds. The Morgan fingerprint density at radius 1 is 1.26 bits per heavy atom. The fourth-order valence-corrected chi connectivity index (χ4v) is 1.91. The molecule has 0 unspecified atom stereocenters. The highest BCUT2D eigenvalue weighted by Gasteiger charge is 2.13. The fraction of sp³-hybridized carbons (Fsp3) is 0.143. The van der Waals surface area contributed by atoms with E-state index >= 15 is 0 Å². The molecule has 5 heteroatoms. The van der Waals surface area contributed by atoms with Gasteiger partial charge >= 0.3 is 0 Å². The molecule has 3 rings (SSSR count). The summed E-state index contributed by atoms with van der Waals surface area (Å²) >= 11 is 0. The van der Waals surface area contributed by atoms with Gasteiger partial charge in [-0.3, -0.25) is 9.89 Å². The van der Waals surface area contributed by atoms with Gasteiger partial charge in [0.25, 0.3) is 5.91 Å². The van der Waals surface area contributed by atoms with Gasteiger partial charge < -0.3 is 9.73 Å². The SMILES string of the molecule is Cc1ccc2cc(C(=O)Nc3cc(C)[nH]n3)oc2c1. The van der Waals surface area contributed by atoms with Gasteiger partial charge in [-0.1, -0.05) is 12.1 Å². The smallest absolute Gasteiger partial charge is 0.292 e. The third kappa shape index (κ3) is 2.22. The van der Waals surface area contributed by atoms with Gasteiger partial charge in [0.1, 0.15) is 5.58 Å². The number of furan rings is 1. The first kappa shape index (κ1) is 11.5. The standard InChI is InChI=1S/C14H13N3O2/c1-8-3-4-10-7-12(19-11(10)5-8)14(18)15-13-6-9(2)16-17-13/h3-7H,1-2H3,(H2,15,16,17,18). The van der Waals surface area contributed by atoms with Gasteiger partial charge in [-0.25, -0.2) is 0 Å². The van der Waals surface area contributed by atoms with Crippen molar-refractivity contribution in [2.75, 3.05) is 5.32 Å². The van der Waals surface area contributed by atoms with Crippen molar-refractivity contribution in [2.24, 2.45) is 0 Å². The maximum Gasteiger partial charge on any atom is 0.292 e. The number of nitrogens with one attached hydrogen (secondary N) is 2. The van der Waals surface area contributed by atoms with Crippen LogP contribution in [0.3, 0.4) is 0 Å². The first-order chi connectivity index (χ1) is 9.11. The van der Waals surface area contributed by atoms with E-state index in [1.807, 2.05) is 32.0 Å². The number of rotatable bonds is 2. The van der Waals surface area contributed by atoms with Gasteiger partial charge in [-0.05, 0) is 31.5 Å². The minimum Gasteiger partial charge on any atom is -0.451 e. The van der Waals surface area contributed by atoms with Crippen LogP contribution in [0.4, 0.5) is 5.82 Å². The number of aromatic nitrogens is 2. The predicted molar refractivity (Wildman–Crippen MR) is 72.2 cm³/mol. The molecule has 2 N–H and O–H groups in total. The van der Waals surface area contributed by atoms with Crippen LogP contribution in [0.1, 0.15) is 21.8 Å². The van der Waals surface area contributed by atoms with E-state index in [0.29, 0.717) is 11.4 Å². The van der Waals surface area contributed by atoms with Crippen molar-refractivity contribution in [3.63, 3.8) is 0 Å². The van der Waals surface area contributed by atoms with Crippen LogP contribution < -0.4 is 5.32 Å². The normalized spacial score (nSPS) is 10.8. The number of hydrogen-bond donors (Lipinski definition) is 2. The first-order valence-electron chi connectivity index (χ1n) is 5.95. The van der Waals surface area contributed by atoms with E-state index in [4.69, 9.17) is 4.42 Å². The van der Waals surface area contributed by atoms with E-state index in [2.05, 4.69) is 15.5 Å². The maximum absolute atomic E-state index is 12.0. The molecule has 0 spiro atoms. The van der Waals surface area contributed by atoms with Crippen molar-refractivity contribution in [3.8, 4) is 0 Å². The molecular weight excluding hydrogens is 242 g/mol. The molecule has 0 saturated carbocycles. The van der Waals surface area contributed by atoms with Crippen LogP contribution in [0.2, 0.25) is 0 Å². The molecular formula is C14H13N3O2. The second kappa shape index (κ2) is 4.28. The summed E-state index contributed by atoms with van der Waals surface area (Å²) < 4.78 is 5.54. The van der Waals surface area contributed by atoms with Gasteiger partial charge in [0.2, 0.25) is 0 Å². The Labute approximate surface area is 109 Å². The molecule has 0 atom stereocenters. The molecule has 3 aromatic rings. The van der Waals surface area contributed by atoms with E-state index in [-0.39, 0.29) is 11.7 Å². The number of nitrogens with zero attached hydrogens (tertiary/aromatic N) is 1. The van der Waals surface area contributed by atoms with Crippen molar-refractivity contribution < 1.29 is 9.21 Å². The number of benzene rings is 1. The first-order valence-corrected chi connectivity index (χ1v) is 5.95. The largest absolute Gasteiger partial charge is 0.451 e. The minimum atomic E-state index is -0.305. The van der Waals surface area contributed by atoms with Gasteiger partial charge in [0.05, 0.1) is 0 Å². The number of aromatic amines is 1. The lowest BCUT2D eigenvalue weighted by Gasteiger charge is -1.96. The number of H-pyrrole nitrogens is 1. The predicted octanol–water partition coefficient (Wildman–Crippen LogP) is 3.03. The van der Waals surface area contributed by atoms with E-state index in [9.17, 15) is 4.79 Å². The van der Waals surface area contributed by atoms with Gasteiger partial charge in [0.15, 0.2) is 11.6 Å². The molecule has 0 aliphatic carbocycles. The van der Waals surface area contributed by atoms with Crippen LogP contribution in [-0.4, -0.2) is 16.1 Å². The molecule has 2 aromatic heterocycles. The lowest BCUT2D eigenvalue weighted by molar-refractivity contribution is 0.0998. The summed E-state index contributed by atoms with van der Waals surface area (Å²) in [5.74, 6) is 0.459. The number of anilines is 1. The molecule has 0 bridgehead atoms. The van der Waals surface area contributed by atoms with Crippen LogP contribution in [-0.2, 0) is 0 Å². The average Bonchev–Trinajstić information content (AvgIpc) is 2.95. The summed E-state index contributed by atoms with van der Waals surface area (Å²) in [5.41, 5.74) is 2.69. The summed E-state index contributed by atoms with van der Waals surface area (Å²) in [7, 11) is 0. The molecule has 0 aliphatic rings. The molecule has 0 aliphatic heterocycles. The van der Waals surface area contributed by atoms with E-state index < -0.39 is 0 Å². The Kier molecular flexibility index (Phi) is 2.59. The molecule has 19 heavy (non-hydrogen) atoms. The third-order valence-corrected chi connectivity index (χ3v) is 2.85. The zero-order chi connectivity index (χ0) is 13.4. The van der Waals surface area contributed by atoms with Crippen molar-refractivity contribution in [1.29, 1.82) is 0 Å². The summed E-state index contributed by atoms with van der Waals surface area (Å²) in [6, 6.07) is 9.30. The van der Waals surface area contributed by atoms with Crippen molar-refractivity contribution >= 4 is 22.7 Å². The molecule has 5 nitrogen and oxygen atoms in total. The number of carbonyl (C=O) groups excluding carboxylic acids is 1. The zero-order valence-corrected chi connectivity index (χ0v) is 10.7. The van der Waals surface area contributed by atoms with Gasteiger partial charge in [-0.2, -0.15) is 5.10 Å². The lowest BCUT2D eigenvalue weighted by Crippen LogP contribution is -2.10. The Morgan fingerprint density at radius 3 is 2.84 bits per heavy atom. The van der Waals surface area contributed by atoms with Crippen LogP contribution in [0, 0.1) is 13.8 Å². The molecule has 1 aromatic carbocycles. The third-order valence-electron chi connectivity index (χ3n) is 2.85.